The van der Waals surface area contributed by atoms with Crippen molar-refractivity contribution in [2.45, 2.75) is 0 Å². The Bertz CT molecular complexity index is 567. The van der Waals surface area contributed by atoms with Gasteiger partial charge in [-0.15, -0.1) is 0 Å². The van der Waals surface area contributed by atoms with Crippen molar-refractivity contribution in [2.24, 2.45) is 4.99 Å². The summed E-state index contributed by atoms with van der Waals surface area (Å²) in [6.07, 6.45) is 1.27. The molecule has 0 aromatic heterocycles. The van der Waals surface area contributed by atoms with E-state index in [1.807, 2.05) is 0 Å². The Morgan fingerprint density at radius 2 is 1.33 bits per heavy atom. The molecule has 2 rings (SSSR count). The predicted octanol–water partition coefficient (Wildman–Crippen LogP) is 2.26. The van der Waals surface area contributed by atoms with Gasteiger partial charge in [-0.2, -0.15) is 0 Å². The van der Waals surface area contributed by atoms with Crippen LogP contribution in [0.25, 0.3) is 0 Å². The lowest BCUT2D eigenvalue weighted by molar-refractivity contribution is 0.427. The van der Waals surface area contributed by atoms with Crippen LogP contribution in [-0.4, -0.2) is 26.6 Å². The third-order valence-electron chi connectivity index (χ3n) is 2.31. The van der Waals surface area contributed by atoms with Gasteiger partial charge in [0.1, 0.15) is 23.0 Å². The zero-order valence-electron chi connectivity index (χ0n) is 9.28. The smallest absolute Gasteiger partial charge is 0.131 e. The molecule has 0 aliphatic heterocycles. The Morgan fingerprint density at radius 3 is 1.89 bits per heavy atom. The first-order valence-electron chi connectivity index (χ1n) is 5.14. The number of phenolic OH excluding ortho intramolecular Hbond substituents is 4. The summed E-state index contributed by atoms with van der Waals surface area (Å²) >= 11 is 0. The molecule has 5 nitrogen and oxygen atoms in total. The van der Waals surface area contributed by atoms with Gasteiger partial charge in [-0.05, 0) is 24.3 Å². The van der Waals surface area contributed by atoms with E-state index in [2.05, 4.69) is 4.99 Å². The van der Waals surface area contributed by atoms with Crippen LogP contribution >= 0.6 is 0 Å². The summed E-state index contributed by atoms with van der Waals surface area (Å²) in [4.78, 5) is 4.03. The lowest BCUT2D eigenvalue weighted by Crippen LogP contribution is -1.84. The summed E-state index contributed by atoms with van der Waals surface area (Å²) in [5.74, 6) is -0.638. The van der Waals surface area contributed by atoms with Crippen LogP contribution in [0.15, 0.2) is 41.4 Å². The van der Waals surface area contributed by atoms with Crippen LogP contribution in [0.2, 0.25) is 0 Å². The van der Waals surface area contributed by atoms with Crippen LogP contribution in [0.4, 0.5) is 5.69 Å². The van der Waals surface area contributed by atoms with Gasteiger partial charge in [-0.1, -0.05) is 0 Å². The highest BCUT2D eigenvalue weighted by molar-refractivity contribution is 5.89. The molecular formula is C13H11NO4. The molecule has 0 heterocycles. The van der Waals surface area contributed by atoms with Crippen LogP contribution in [0.3, 0.4) is 0 Å². The van der Waals surface area contributed by atoms with E-state index in [1.165, 1.54) is 18.3 Å². The first-order chi connectivity index (χ1) is 8.56. The van der Waals surface area contributed by atoms with Gasteiger partial charge in [0.2, 0.25) is 0 Å². The standard InChI is InChI=1S/C13H11NO4/c15-9-3-1-8(2-4-9)14-7-11-12(17)5-10(16)6-13(11)18/h1-7,15-18H/b14-7+. The van der Waals surface area contributed by atoms with Crippen molar-refractivity contribution in [2.75, 3.05) is 0 Å². The van der Waals surface area contributed by atoms with Crippen molar-refractivity contribution in [3.05, 3.63) is 42.0 Å². The molecule has 0 bridgehead atoms. The highest BCUT2D eigenvalue weighted by Crippen LogP contribution is 2.30. The first-order valence-corrected chi connectivity index (χ1v) is 5.14. The summed E-state index contributed by atoms with van der Waals surface area (Å²) in [7, 11) is 0. The van der Waals surface area contributed by atoms with E-state index in [-0.39, 0.29) is 28.6 Å². The van der Waals surface area contributed by atoms with Crippen molar-refractivity contribution < 1.29 is 20.4 Å². The first kappa shape index (κ1) is 11.8. The van der Waals surface area contributed by atoms with Crippen molar-refractivity contribution in [3.63, 3.8) is 0 Å². The zero-order chi connectivity index (χ0) is 13.1. The molecule has 0 amide bonds. The molecular weight excluding hydrogens is 234 g/mol. The minimum absolute atomic E-state index is 0.112. The van der Waals surface area contributed by atoms with Crippen LogP contribution in [0.1, 0.15) is 5.56 Å². The molecule has 92 valence electrons. The van der Waals surface area contributed by atoms with Gasteiger partial charge in [-0.25, -0.2) is 0 Å². The van der Waals surface area contributed by atoms with Gasteiger partial charge >= 0.3 is 0 Å². The molecule has 0 spiro atoms. The molecule has 0 saturated carbocycles. The van der Waals surface area contributed by atoms with E-state index in [0.29, 0.717) is 5.69 Å². The van der Waals surface area contributed by atoms with Crippen LogP contribution in [-0.2, 0) is 0 Å². The molecule has 2 aromatic rings. The Kier molecular flexibility index (Phi) is 3.05. The lowest BCUT2D eigenvalue weighted by Gasteiger charge is -2.03. The Balaban J connectivity index is 2.31. The molecule has 4 N–H and O–H groups in total. The normalized spacial score (nSPS) is 10.9. The Hall–Kier alpha value is -2.69. The van der Waals surface area contributed by atoms with Crippen molar-refractivity contribution >= 4 is 11.9 Å². The number of hydrogen-bond donors (Lipinski definition) is 4. The van der Waals surface area contributed by atoms with E-state index < -0.39 is 0 Å². The van der Waals surface area contributed by atoms with Crippen LogP contribution in [0, 0.1) is 0 Å². The molecule has 0 aliphatic carbocycles. The monoisotopic (exact) mass is 245 g/mol. The summed E-state index contributed by atoms with van der Waals surface area (Å²) in [5.41, 5.74) is 0.667. The summed E-state index contributed by atoms with van der Waals surface area (Å²) in [6.45, 7) is 0. The maximum atomic E-state index is 9.54. The maximum absolute atomic E-state index is 9.54. The van der Waals surface area contributed by atoms with Gasteiger partial charge in [0.15, 0.2) is 0 Å². The molecule has 0 atom stereocenters. The van der Waals surface area contributed by atoms with Crippen molar-refractivity contribution in [3.8, 4) is 23.0 Å². The number of nitrogens with zero attached hydrogens (tertiary/aromatic N) is 1. The number of rotatable bonds is 2. The van der Waals surface area contributed by atoms with Crippen LogP contribution < -0.4 is 0 Å². The van der Waals surface area contributed by atoms with Crippen LogP contribution in [0.5, 0.6) is 23.0 Å². The highest BCUT2D eigenvalue weighted by Gasteiger charge is 2.07. The largest absolute Gasteiger partial charge is 0.508 e. The third kappa shape index (κ3) is 2.52. The summed E-state index contributed by atoms with van der Waals surface area (Å²) in [6, 6.07) is 8.34. The van der Waals surface area contributed by atoms with Gasteiger partial charge in [0.25, 0.3) is 0 Å². The second-order valence-corrected chi connectivity index (χ2v) is 3.67. The van der Waals surface area contributed by atoms with Crippen molar-refractivity contribution in [1.82, 2.24) is 0 Å². The molecule has 18 heavy (non-hydrogen) atoms. The SMILES string of the molecule is Oc1ccc(/N=C/c2c(O)cc(O)cc2O)cc1. The average molecular weight is 245 g/mol. The van der Waals surface area contributed by atoms with E-state index in [9.17, 15) is 10.2 Å². The van der Waals surface area contributed by atoms with Gasteiger partial charge in [-0.3, -0.25) is 4.99 Å². The van der Waals surface area contributed by atoms with Gasteiger partial charge in [0, 0.05) is 18.3 Å². The van der Waals surface area contributed by atoms with E-state index in [4.69, 9.17) is 10.2 Å². The Labute approximate surface area is 103 Å². The second kappa shape index (κ2) is 4.67. The lowest BCUT2D eigenvalue weighted by atomic mass is 10.2. The van der Waals surface area contributed by atoms with E-state index in [0.717, 1.165) is 12.1 Å². The molecule has 0 unspecified atom stereocenters. The fraction of sp³-hybridized carbons (Fsp3) is 0. The fourth-order valence-electron chi connectivity index (χ4n) is 1.42. The zero-order valence-corrected chi connectivity index (χ0v) is 9.28. The minimum atomic E-state index is -0.268. The molecule has 0 radical (unpaired) electrons. The number of phenols is 4. The fourth-order valence-corrected chi connectivity index (χ4v) is 1.42. The predicted molar refractivity (Wildman–Crippen MR) is 66.8 cm³/mol. The summed E-state index contributed by atoms with van der Waals surface area (Å²) < 4.78 is 0. The second-order valence-electron chi connectivity index (χ2n) is 3.67. The number of aromatic hydroxyl groups is 4. The average Bonchev–Trinajstić information content (AvgIpc) is 2.30. The molecule has 0 aliphatic rings. The number of aliphatic imine (C=N–C) groups is 1. The highest BCUT2D eigenvalue weighted by atomic mass is 16.3. The van der Waals surface area contributed by atoms with Gasteiger partial charge in [0.05, 0.1) is 11.3 Å². The van der Waals surface area contributed by atoms with E-state index in [1.54, 1.807) is 12.1 Å². The maximum Gasteiger partial charge on any atom is 0.131 e. The third-order valence-corrected chi connectivity index (χ3v) is 2.31. The van der Waals surface area contributed by atoms with E-state index >= 15 is 0 Å². The summed E-state index contributed by atoms with van der Waals surface area (Å²) in [5, 5.41) is 37.3. The number of benzene rings is 2. The molecule has 5 heteroatoms. The molecule has 0 fully saturated rings. The van der Waals surface area contributed by atoms with Gasteiger partial charge < -0.3 is 20.4 Å². The molecule has 2 aromatic carbocycles. The quantitative estimate of drug-likeness (QED) is 0.610. The minimum Gasteiger partial charge on any atom is -0.508 e. The number of hydrogen-bond acceptors (Lipinski definition) is 5. The van der Waals surface area contributed by atoms with Crippen molar-refractivity contribution in [1.29, 1.82) is 0 Å². The molecule has 0 saturated heterocycles. The topological polar surface area (TPSA) is 93.3 Å². The Morgan fingerprint density at radius 1 is 0.778 bits per heavy atom.